The number of nitrogens with one attached hydrogen (secondary N) is 5. The minimum absolute atomic E-state index is 0.0226. The summed E-state index contributed by atoms with van der Waals surface area (Å²) < 4.78 is 156. The SMILES string of the molecule is C/C(=C\c1ccccc1)C(=O)Nc1ccc(S(=O)(=O)N2CCCC2)cc1.COc1ccc(/C=C/C(=O)Nc2ccc(S(=O)(=O)N3CCCC3)cc2)cc1OC.O=C(/C=C/c1ccc(F)cc1)Nc1ccc(S(=O)(=O)N2CCCC2)cc1.O=C(/C=C/c1ccc([N+](=O)[O-])cc1)Nc1ccc(S(=O)(=O)N2CCCC2)cc1.O=C(/C=C/c1ccccc1[N+](=O)[O-])Nc1ccc(S(=O)(=O)N2CCCC2)cc1. The Hall–Kier alpha value is -13.9. The Morgan fingerprint density at radius 2 is 0.613 bits per heavy atom. The molecule has 137 heavy (non-hydrogen) atoms. The lowest BCUT2D eigenvalue weighted by atomic mass is 10.1. The average molecular weight is 1960 g/mol. The first-order valence-electron chi connectivity index (χ1n) is 43.6. The van der Waals surface area contributed by atoms with Crippen LogP contribution in [0.3, 0.4) is 0 Å². The molecule has 0 saturated carbocycles. The number of hydrogen-bond acceptors (Lipinski definition) is 21. The molecule has 5 N–H and O–H groups in total. The number of non-ortho nitro benzene ring substituents is 1. The van der Waals surface area contributed by atoms with Crippen LogP contribution in [-0.2, 0) is 74.1 Å². The molecule has 15 rings (SSSR count). The monoisotopic (exact) mass is 1960 g/mol. The zero-order valence-electron chi connectivity index (χ0n) is 75.1. The number of nitrogens with zero attached hydrogens (tertiary/aromatic N) is 7. The van der Waals surface area contributed by atoms with Crippen LogP contribution < -0.4 is 36.1 Å². The first-order chi connectivity index (χ1) is 65.6. The number of anilines is 5. The molecule has 0 atom stereocenters. The summed E-state index contributed by atoms with van der Waals surface area (Å²) in [5, 5.41) is 35.0. The third-order valence-corrected chi connectivity index (χ3v) is 31.4. The van der Waals surface area contributed by atoms with Crippen LogP contribution in [0.4, 0.5) is 44.2 Å². The first-order valence-corrected chi connectivity index (χ1v) is 50.8. The van der Waals surface area contributed by atoms with Crippen molar-refractivity contribution in [3.63, 3.8) is 0 Å². The highest BCUT2D eigenvalue weighted by Gasteiger charge is 2.32. The van der Waals surface area contributed by atoms with Crippen LogP contribution in [0, 0.1) is 26.0 Å². The summed E-state index contributed by atoms with van der Waals surface area (Å²) in [5.41, 5.74) is 6.34. The number of nitro benzene ring substituents is 2. The molecule has 5 saturated heterocycles. The second-order valence-corrected chi connectivity index (χ2v) is 41.2. The van der Waals surface area contributed by atoms with Crippen molar-refractivity contribution in [2.24, 2.45) is 0 Å². The Balaban J connectivity index is 0.000000164. The van der Waals surface area contributed by atoms with E-state index in [1.54, 1.807) is 149 Å². The lowest BCUT2D eigenvalue weighted by molar-refractivity contribution is -0.385. The molecular weight excluding hydrogens is 1860 g/mol. The number of para-hydroxylation sites is 1. The molecule has 39 heteroatoms. The van der Waals surface area contributed by atoms with E-state index in [0.29, 0.717) is 128 Å². The summed E-state index contributed by atoms with van der Waals surface area (Å²) in [4.78, 5) is 82.2. The molecular formula is C98H103FN12O21S5. The van der Waals surface area contributed by atoms with Crippen molar-refractivity contribution in [3.8, 4) is 11.5 Å². The zero-order valence-corrected chi connectivity index (χ0v) is 79.1. The predicted octanol–water partition coefficient (Wildman–Crippen LogP) is 16.0. The van der Waals surface area contributed by atoms with Crippen molar-refractivity contribution in [2.75, 3.05) is 106 Å². The number of rotatable bonds is 29. The number of hydrogen-bond donors (Lipinski definition) is 5. The number of methoxy groups -OCH3 is 2. The molecule has 10 aromatic rings. The number of sulfonamides is 5. The van der Waals surface area contributed by atoms with Crippen LogP contribution in [0.15, 0.2) is 297 Å². The molecule has 10 aromatic carbocycles. The van der Waals surface area contributed by atoms with Gasteiger partial charge in [0.2, 0.25) is 73.7 Å². The van der Waals surface area contributed by atoms with E-state index in [9.17, 15) is 90.7 Å². The lowest BCUT2D eigenvalue weighted by Gasteiger charge is -2.15. The van der Waals surface area contributed by atoms with Crippen LogP contribution in [0.2, 0.25) is 0 Å². The van der Waals surface area contributed by atoms with Gasteiger partial charge in [-0.2, -0.15) is 21.5 Å². The van der Waals surface area contributed by atoms with Gasteiger partial charge in [-0.1, -0.05) is 60.7 Å². The van der Waals surface area contributed by atoms with E-state index in [-0.39, 0.29) is 59.4 Å². The molecule has 5 fully saturated rings. The van der Waals surface area contributed by atoms with Crippen LogP contribution in [0.5, 0.6) is 11.5 Å². The van der Waals surface area contributed by atoms with Gasteiger partial charge in [0.1, 0.15) is 5.82 Å². The van der Waals surface area contributed by atoms with E-state index in [0.717, 1.165) is 75.3 Å². The van der Waals surface area contributed by atoms with Crippen molar-refractivity contribution in [3.05, 3.63) is 326 Å². The van der Waals surface area contributed by atoms with Gasteiger partial charge in [-0.3, -0.25) is 44.2 Å². The van der Waals surface area contributed by atoms with Crippen molar-refractivity contribution in [1.82, 2.24) is 21.5 Å². The van der Waals surface area contributed by atoms with Gasteiger partial charge in [-0.15, -0.1) is 0 Å². The molecule has 5 aliphatic heterocycles. The van der Waals surface area contributed by atoms with Crippen LogP contribution in [0.1, 0.15) is 98.9 Å². The molecule has 0 spiro atoms. The molecule has 5 aliphatic rings. The smallest absolute Gasteiger partial charge is 0.276 e. The highest BCUT2D eigenvalue weighted by molar-refractivity contribution is 7.90. The number of benzene rings is 10. The van der Waals surface area contributed by atoms with Crippen molar-refractivity contribution in [1.29, 1.82) is 0 Å². The Labute approximate surface area is 795 Å². The second-order valence-electron chi connectivity index (χ2n) is 31.5. The third-order valence-electron chi connectivity index (χ3n) is 21.9. The van der Waals surface area contributed by atoms with Crippen molar-refractivity contribution in [2.45, 2.75) is 95.6 Å². The topological polar surface area (TPSA) is 437 Å². The van der Waals surface area contributed by atoms with Crippen LogP contribution in [0.25, 0.3) is 30.4 Å². The maximum absolute atomic E-state index is 12.8. The predicted molar refractivity (Wildman–Crippen MR) is 524 cm³/mol. The highest BCUT2D eigenvalue weighted by Crippen LogP contribution is 2.32. The average Bonchev–Trinajstić information content (AvgIpc) is 1.78. The summed E-state index contributed by atoms with van der Waals surface area (Å²) in [7, 11) is -14.2. The zero-order chi connectivity index (χ0) is 98.3. The summed E-state index contributed by atoms with van der Waals surface area (Å²) >= 11 is 0. The van der Waals surface area contributed by atoms with Crippen LogP contribution in [-0.4, -0.2) is 183 Å². The molecule has 718 valence electrons. The number of carbonyl (C=O) groups excluding carboxylic acids is 5. The Bertz CT molecular complexity index is 6680. The molecule has 0 radical (unpaired) electrons. The Kier molecular flexibility index (Phi) is 37.1. The maximum Gasteiger partial charge on any atom is 0.276 e. The van der Waals surface area contributed by atoms with Gasteiger partial charge in [-0.25, -0.2) is 46.5 Å². The fourth-order valence-corrected chi connectivity index (χ4v) is 22.1. The van der Waals surface area contributed by atoms with Crippen molar-refractivity contribution < 1.29 is 89.8 Å². The van der Waals surface area contributed by atoms with Gasteiger partial charge in [0, 0.05) is 142 Å². The van der Waals surface area contributed by atoms with Gasteiger partial charge in [0.05, 0.1) is 54.1 Å². The minimum atomic E-state index is -3.50. The van der Waals surface area contributed by atoms with E-state index in [4.69, 9.17) is 9.47 Å². The summed E-state index contributed by atoms with van der Waals surface area (Å²) in [6.45, 7) is 7.23. The lowest BCUT2D eigenvalue weighted by Crippen LogP contribution is -2.27. The van der Waals surface area contributed by atoms with E-state index in [1.165, 1.54) is 149 Å². The van der Waals surface area contributed by atoms with Crippen molar-refractivity contribution >= 4 is 150 Å². The van der Waals surface area contributed by atoms with E-state index in [1.807, 2.05) is 42.5 Å². The number of halogens is 1. The fraction of sp³-hybridized carbons (Fsp3) is 0.235. The summed E-state index contributed by atoms with van der Waals surface area (Å²) in [6, 6.07) is 63.2. The van der Waals surface area contributed by atoms with Gasteiger partial charge >= 0.3 is 0 Å². The first kappa shape index (κ1) is 104. The van der Waals surface area contributed by atoms with E-state index >= 15 is 0 Å². The molecule has 0 unspecified atom stereocenters. The summed E-state index contributed by atoms with van der Waals surface area (Å²) in [6.07, 6.45) is 22.0. The number of amides is 5. The normalized spacial score (nSPS) is 15.2. The molecule has 33 nitrogen and oxygen atoms in total. The Morgan fingerprint density at radius 3 is 0.927 bits per heavy atom. The Morgan fingerprint density at radius 1 is 0.328 bits per heavy atom. The van der Waals surface area contributed by atoms with Gasteiger partial charge in [-0.05, 0) is 288 Å². The molecule has 0 aliphatic carbocycles. The van der Waals surface area contributed by atoms with E-state index in [2.05, 4.69) is 26.6 Å². The number of nitro groups is 2. The van der Waals surface area contributed by atoms with Gasteiger partial charge < -0.3 is 36.1 Å². The molecule has 5 heterocycles. The van der Waals surface area contributed by atoms with Gasteiger partial charge in [0.15, 0.2) is 11.5 Å². The van der Waals surface area contributed by atoms with E-state index < -0.39 is 71.8 Å². The fourth-order valence-electron chi connectivity index (χ4n) is 14.5. The number of carbonyl (C=O) groups is 5. The van der Waals surface area contributed by atoms with Crippen LogP contribution >= 0.6 is 0 Å². The second kappa shape index (κ2) is 49.1. The van der Waals surface area contributed by atoms with Gasteiger partial charge in [0.25, 0.3) is 17.3 Å². The largest absolute Gasteiger partial charge is 0.493 e. The molecule has 0 aromatic heterocycles. The maximum atomic E-state index is 12.8. The summed E-state index contributed by atoms with van der Waals surface area (Å²) in [5.74, 6) is -0.927. The standard InChI is InChI=1S/C21H24N2O5S.C20H22N2O3S.C19H19FN2O3S.2C19H19N3O5S/c1-27-19-11-5-16(15-20(19)28-2)6-12-21(24)22-17-7-9-18(10-8-17)29(25,26)23-13-3-4-14-23;1-16(15-17-7-3-2-4-8-17)20(23)21-18-9-11-19(12-10-18)26(24,25)22-13-5-6-14-22;20-16-6-3-15(4-7-16)5-12-19(23)21-17-8-10-18(11-9-17)26(24,25)22-13-1-2-14-22;23-19(12-5-15-3-8-17(9-4-15)22(24)25)20-16-6-10-18(11-7-16)28(26,27)21-13-1-2-14-21;23-19(12-7-15-5-1-2-6-18(15)22(24)25)20-16-8-10-17(11-9-16)28(26,27)21-13-3-4-14-21/h5-12,15H,3-4,13-14H2,1-2H3,(H,22,24);2-4,7-12,15H,5-6,13-14H2,1H3,(H,21,23);3-12H,1-2,13-14H2,(H,21,23);3-12H,1-2,13-14H2,(H,20,23);1-2,5-12H,3-4,13-14H2,(H,20,23)/b12-6+;16-15+;2*12-5+;12-7+. The quantitative estimate of drug-likeness (QED) is 0.0165. The molecule has 0 bridgehead atoms. The highest BCUT2D eigenvalue weighted by atomic mass is 32.2. The third kappa shape index (κ3) is 29.8. The molecule has 5 amide bonds. The minimum Gasteiger partial charge on any atom is -0.493 e. The number of ether oxygens (including phenoxy) is 2.